The predicted octanol–water partition coefficient (Wildman–Crippen LogP) is 2.11. The topological polar surface area (TPSA) is 23.6 Å². The van der Waals surface area contributed by atoms with Gasteiger partial charge in [0.25, 0.3) is 0 Å². The van der Waals surface area contributed by atoms with E-state index in [1.165, 1.54) is 5.39 Å². The van der Waals surface area contributed by atoms with E-state index in [4.69, 9.17) is 0 Å². The minimum atomic E-state index is -1.03. The number of fused-ring (bicyclic) bond motifs is 1. The van der Waals surface area contributed by atoms with Crippen molar-refractivity contribution in [2.45, 2.75) is 4.90 Å². The first kappa shape index (κ1) is 12.8. The van der Waals surface area contributed by atoms with Gasteiger partial charge in [-0.05, 0) is 30.0 Å². The van der Waals surface area contributed by atoms with E-state index in [2.05, 4.69) is 34.5 Å². The Morgan fingerprint density at radius 2 is 1.63 bits per heavy atom. The van der Waals surface area contributed by atoms with Crippen LogP contribution in [0.1, 0.15) is 0 Å². The number of nitrogens with zero attached hydrogens (tertiary/aromatic N) is 2. The Bertz CT molecular complexity index is 606. The second-order valence-electron chi connectivity index (χ2n) is 4.99. The van der Waals surface area contributed by atoms with Crippen molar-refractivity contribution < 1.29 is 4.21 Å². The largest absolute Gasteiger partial charge is 0.304 e. The van der Waals surface area contributed by atoms with Crippen LogP contribution in [0.5, 0.6) is 0 Å². The van der Waals surface area contributed by atoms with Crippen LogP contribution in [0.3, 0.4) is 0 Å². The number of hydrogen-bond acceptors (Lipinski definition) is 2. The van der Waals surface area contributed by atoms with E-state index in [-0.39, 0.29) is 0 Å². The minimum absolute atomic E-state index is 0.871. The second-order valence-corrected chi connectivity index (χ2v) is 6.48. The van der Waals surface area contributed by atoms with Gasteiger partial charge in [-0.3, -0.25) is 0 Å². The summed E-state index contributed by atoms with van der Waals surface area (Å²) in [6.45, 7) is 3.71. The van der Waals surface area contributed by atoms with Crippen LogP contribution in [0.4, 0.5) is 0 Å². The molecule has 0 spiro atoms. The smallest absolute Gasteiger partial charge is 0.127 e. The maximum Gasteiger partial charge on any atom is 0.127 e. The van der Waals surface area contributed by atoms with Gasteiger partial charge < -0.3 is 4.90 Å². The van der Waals surface area contributed by atoms with Crippen LogP contribution in [-0.4, -0.2) is 46.6 Å². The number of hydrogen-bond donors (Lipinski definition) is 0. The molecule has 1 fully saturated rings. The minimum Gasteiger partial charge on any atom is -0.304 e. The summed E-state index contributed by atoms with van der Waals surface area (Å²) in [4.78, 5) is 3.18. The second kappa shape index (κ2) is 5.41. The Labute approximate surface area is 116 Å². The standard InChI is InChI=1S/C15H18N2OS/c1-16-8-10-17(11-9-16)19(18)15-7-6-13-4-2-3-5-14(13)12-15/h2-7,12H,8-11H2,1H3. The highest BCUT2D eigenvalue weighted by Gasteiger charge is 2.20. The lowest BCUT2D eigenvalue weighted by Gasteiger charge is -2.31. The van der Waals surface area contributed by atoms with Crippen LogP contribution in [0.25, 0.3) is 10.8 Å². The van der Waals surface area contributed by atoms with Crippen molar-refractivity contribution in [1.82, 2.24) is 9.21 Å². The Hall–Kier alpha value is -1.23. The molecule has 4 heteroatoms. The molecular weight excluding hydrogens is 256 g/mol. The number of benzene rings is 2. The van der Waals surface area contributed by atoms with E-state index in [1.54, 1.807) is 0 Å². The zero-order valence-corrected chi connectivity index (χ0v) is 11.9. The zero-order chi connectivity index (χ0) is 13.2. The summed E-state index contributed by atoms with van der Waals surface area (Å²) in [6.07, 6.45) is 0. The Balaban J connectivity index is 1.85. The molecule has 1 unspecified atom stereocenters. The van der Waals surface area contributed by atoms with E-state index in [1.807, 2.05) is 24.3 Å². The Kier molecular flexibility index (Phi) is 3.64. The van der Waals surface area contributed by atoms with Crippen molar-refractivity contribution in [2.75, 3.05) is 33.2 Å². The maximum atomic E-state index is 12.6. The van der Waals surface area contributed by atoms with Crippen LogP contribution in [0.15, 0.2) is 47.4 Å². The molecule has 1 aliphatic rings. The molecule has 0 aromatic heterocycles. The predicted molar refractivity (Wildman–Crippen MR) is 79.4 cm³/mol. The van der Waals surface area contributed by atoms with Crippen LogP contribution >= 0.6 is 0 Å². The van der Waals surface area contributed by atoms with E-state index in [9.17, 15) is 4.21 Å². The molecule has 2 aromatic rings. The lowest BCUT2D eigenvalue weighted by Crippen LogP contribution is -2.45. The molecule has 0 aliphatic carbocycles. The summed E-state index contributed by atoms with van der Waals surface area (Å²) in [5.74, 6) is 0. The molecule has 2 aromatic carbocycles. The lowest BCUT2D eigenvalue weighted by molar-refractivity contribution is 0.228. The van der Waals surface area contributed by atoms with Gasteiger partial charge in [-0.2, -0.15) is 0 Å². The van der Waals surface area contributed by atoms with Gasteiger partial charge in [0.15, 0.2) is 0 Å². The van der Waals surface area contributed by atoms with Crippen LogP contribution < -0.4 is 0 Å². The molecule has 100 valence electrons. The van der Waals surface area contributed by atoms with Gasteiger partial charge in [0.2, 0.25) is 0 Å². The van der Waals surface area contributed by atoms with Gasteiger partial charge >= 0.3 is 0 Å². The normalized spacial score (nSPS) is 19.6. The summed E-state index contributed by atoms with van der Waals surface area (Å²) in [5, 5.41) is 2.35. The van der Waals surface area contributed by atoms with Crippen LogP contribution in [0.2, 0.25) is 0 Å². The van der Waals surface area contributed by atoms with Gasteiger partial charge in [0.1, 0.15) is 11.0 Å². The van der Waals surface area contributed by atoms with Gasteiger partial charge in [-0.15, -0.1) is 0 Å². The Morgan fingerprint density at radius 1 is 0.947 bits per heavy atom. The molecule has 0 N–H and O–H groups in total. The van der Waals surface area contributed by atoms with E-state index in [0.717, 1.165) is 36.5 Å². The van der Waals surface area contributed by atoms with E-state index in [0.29, 0.717) is 0 Å². The summed E-state index contributed by atoms with van der Waals surface area (Å²) in [6, 6.07) is 14.3. The van der Waals surface area contributed by atoms with Crippen molar-refractivity contribution in [3.63, 3.8) is 0 Å². The molecule has 0 saturated carbocycles. The Morgan fingerprint density at radius 3 is 2.37 bits per heavy atom. The molecule has 3 rings (SSSR count). The van der Waals surface area contributed by atoms with Crippen molar-refractivity contribution in [2.24, 2.45) is 0 Å². The van der Waals surface area contributed by atoms with Crippen molar-refractivity contribution in [3.05, 3.63) is 42.5 Å². The number of rotatable bonds is 2. The molecular formula is C15H18N2OS. The van der Waals surface area contributed by atoms with E-state index >= 15 is 0 Å². The fourth-order valence-electron chi connectivity index (χ4n) is 2.38. The maximum absolute atomic E-state index is 12.6. The molecule has 1 saturated heterocycles. The molecule has 0 radical (unpaired) electrons. The molecule has 1 atom stereocenters. The molecule has 19 heavy (non-hydrogen) atoms. The van der Waals surface area contributed by atoms with Gasteiger partial charge in [-0.25, -0.2) is 8.51 Å². The van der Waals surface area contributed by atoms with Crippen LogP contribution in [0, 0.1) is 0 Å². The fraction of sp³-hybridized carbons (Fsp3) is 0.333. The first-order valence-electron chi connectivity index (χ1n) is 6.58. The lowest BCUT2D eigenvalue weighted by atomic mass is 10.1. The first-order chi connectivity index (χ1) is 9.24. The third-order valence-electron chi connectivity index (χ3n) is 3.62. The van der Waals surface area contributed by atoms with E-state index < -0.39 is 11.0 Å². The third kappa shape index (κ3) is 2.71. The molecule has 0 bridgehead atoms. The highest BCUT2D eigenvalue weighted by molar-refractivity contribution is 7.82. The van der Waals surface area contributed by atoms with Crippen molar-refractivity contribution in [1.29, 1.82) is 0 Å². The SMILES string of the molecule is CN1CCN(S(=O)c2ccc3ccccc3c2)CC1. The quantitative estimate of drug-likeness (QED) is 0.837. The summed E-state index contributed by atoms with van der Waals surface area (Å²) in [5.41, 5.74) is 0. The zero-order valence-electron chi connectivity index (χ0n) is 11.1. The molecule has 3 nitrogen and oxygen atoms in total. The molecule has 1 aliphatic heterocycles. The van der Waals surface area contributed by atoms with Gasteiger partial charge in [-0.1, -0.05) is 30.3 Å². The first-order valence-corrected chi connectivity index (χ1v) is 7.69. The fourth-order valence-corrected chi connectivity index (χ4v) is 3.58. The summed E-state index contributed by atoms with van der Waals surface area (Å²) < 4.78 is 14.6. The van der Waals surface area contributed by atoms with Gasteiger partial charge in [0.05, 0.1) is 4.90 Å². The molecule has 1 heterocycles. The average molecular weight is 274 g/mol. The number of piperazine rings is 1. The third-order valence-corrected chi connectivity index (χ3v) is 5.11. The summed E-state index contributed by atoms with van der Waals surface area (Å²) in [7, 11) is 1.07. The van der Waals surface area contributed by atoms with Crippen molar-refractivity contribution >= 4 is 21.8 Å². The monoisotopic (exact) mass is 274 g/mol. The highest BCUT2D eigenvalue weighted by atomic mass is 32.2. The van der Waals surface area contributed by atoms with Gasteiger partial charge in [0, 0.05) is 26.2 Å². The van der Waals surface area contributed by atoms with Crippen molar-refractivity contribution in [3.8, 4) is 0 Å². The molecule has 0 amide bonds. The summed E-state index contributed by atoms with van der Waals surface area (Å²) >= 11 is 0. The average Bonchev–Trinajstić information content (AvgIpc) is 2.47. The highest BCUT2D eigenvalue weighted by Crippen LogP contribution is 2.20. The number of likely N-dealkylation sites (N-methyl/N-ethyl adjacent to an activating group) is 1. The van der Waals surface area contributed by atoms with Crippen LogP contribution in [-0.2, 0) is 11.0 Å².